The largest absolute Gasteiger partial charge is 0.497 e. The first-order valence-electron chi connectivity index (χ1n) is 8.63. The third-order valence-electron chi connectivity index (χ3n) is 5.23. The lowest BCUT2D eigenvalue weighted by Gasteiger charge is -2.10. The molecule has 0 aliphatic rings. The van der Waals surface area contributed by atoms with Crippen LogP contribution in [0.3, 0.4) is 0 Å². The molecule has 0 aliphatic heterocycles. The molecule has 0 amide bonds. The molecule has 0 unspecified atom stereocenters. The quantitative estimate of drug-likeness (QED) is 0.503. The number of H-pyrrole nitrogens is 1. The number of ether oxygens (including phenoxy) is 1. The van der Waals surface area contributed by atoms with Gasteiger partial charge in [0.05, 0.1) is 7.11 Å². The van der Waals surface area contributed by atoms with Crippen LogP contribution in [-0.2, 0) is 7.05 Å². The van der Waals surface area contributed by atoms with Crippen LogP contribution in [-0.4, -0.2) is 16.7 Å². The van der Waals surface area contributed by atoms with E-state index in [9.17, 15) is 9.59 Å². The van der Waals surface area contributed by atoms with Crippen LogP contribution in [0.1, 0.15) is 0 Å². The summed E-state index contributed by atoms with van der Waals surface area (Å²) in [7, 11) is 3.54. The highest BCUT2D eigenvalue weighted by atomic mass is 16.5. The summed E-state index contributed by atoms with van der Waals surface area (Å²) in [4.78, 5) is 28.2. The van der Waals surface area contributed by atoms with Crippen LogP contribution in [0.5, 0.6) is 5.75 Å². The Morgan fingerprint density at radius 3 is 2.44 bits per heavy atom. The molecule has 0 fully saturated rings. The first-order valence-corrected chi connectivity index (χ1v) is 8.63. The first kappa shape index (κ1) is 15.6. The van der Waals surface area contributed by atoms with Gasteiger partial charge in [-0.3, -0.25) is 9.59 Å². The lowest BCUT2D eigenvalue weighted by molar-refractivity contribution is 0.415. The maximum Gasteiger partial charge on any atom is 0.235 e. The molecular formula is C22H16N2O3. The monoisotopic (exact) mass is 356 g/mol. The zero-order chi connectivity index (χ0) is 18.7. The van der Waals surface area contributed by atoms with Crippen molar-refractivity contribution < 1.29 is 4.74 Å². The van der Waals surface area contributed by atoms with Gasteiger partial charge in [-0.2, -0.15) is 0 Å². The van der Waals surface area contributed by atoms with Gasteiger partial charge in [0, 0.05) is 63.5 Å². The second-order valence-electron chi connectivity index (χ2n) is 6.69. The van der Waals surface area contributed by atoms with Gasteiger partial charge in [-0.15, -0.1) is 0 Å². The summed E-state index contributed by atoms with van der Waals surface area (Å²) in [5, 5.41) is 1.83. The lowest BCUT2D eigenvalue weighted by Crippen LogP contribution is -2.34. The second kappa shape index (κ2) is 5.45. The van der Waals surface area contributed by atoms with Gasteiger partial charge in [0.2, 0.25) is 10.9 Å². The second-order valence-corrected chi connectivity index (χ2v) is 6.69. The average molecular weight is 356 g/mol. The van der Waals surface area contributed by atoms with E-state index in [1.54, 1.807) is 13.3 Å². The standard InChI is InChI=1S/C22H16N2O3/c1-24-11-16(13-5-3-4-6-18(13)24)20-19(21(25)22(20)26)15-10-23-17-8-7-12(27-2)9-14(15)17/h3-11,23H,1-2H3. The molecule has 0 spiro atoms. The van der Waals surface area contributed by atoms with E-state index >= 15 is 0 Å². The summed E-state index contributed by atoms with van der Waals surface area (Å²) >= 11 is 0. The predicted octanol–water partition coefficient (Wildman–Crippen LogP) is 3.60. The highest BCUT2D eigenvalue weighted by Gasteiger charge is 2.27. The van der Waals surface area contributed by atoms with Crippen LogP contribution < -0.4 is 15.6 Å². The number of nitrogens with zero attached hydrogens (tertiary/aromatic N) is 1. The number of benzene rings is 2. The predicted molar refractivity (Wildman–Crippen MR) is 107 cm³/mol. The first-order chi connectivity index (χ1) is 13.1. The molecule has 5 nitrogen and oxygen atoms in total. The van der Waals surface area contributed by atoms with Gasteiger partial charge in [-0.1, -0.05) is 18.2 Å². The van der Waals surface area contributed by atoms with Gasteiger partial charge in [-0.05, 0) is 24.3 Å². The van der Waals surface area contributed by atoms with Crippen LogP contribution in [0, 0.1) is 0 Å². The van der Waals surface area contributed by atoms with Crippen molar-refractivity contribution in [3.63, 3.8) is 0 Å². The molecule has 0 saturated carbocycles. The third-order valence-corrected chi connectivity index (χ3v) is 5.23. The number of fused-ring (bicyclic) bond motifs is 2. The molecule has 5 rings (SSSR count). The Morgan fingerprint density at radius 2 is 1.67 bits per heavy atom. The van der Waals surface area contributed by atoms with Gasteiger partial charge in [-0.25, -0.2) is 0 Å². The summed E-state index contributed by atoms with van der Waals surface area (Å²) in [6.45, 7) is 0. The number of nitrogens with one attached hydrogen (secondary N) is 1. The van der Waals surface area contributed by atoms with Crippen molar-refractivity contribution in [3.8, 4) is 28.0 Å². The molecule has 0 bridgehead atoms. The van der Waals surface area contributed by atoms with Crippen molar-refractivity contribution >= 4 is 21.8 Å². The summed E-state index contributed by atoms with van der Waals surface area (Å²) in [6.07, 6.45) is 3.70. The zero-order valence-electron chi connectivity index (χ0n) is 14.9. The van der Waals surface area contributed by atoms with Gasteiger partial charge >= 0.3 is 0 Å². The number of aromatic nitrogens is 2. The smallest absolute Gasteiger partial charge is 0.235 e. The molecule has 3 aromatic carbocycles. The molecule has 5 aromatic rings. The number of rotatable bonds is 3. The third kappa shape index (κ3) is 2.05. The lowest BCUT2D eigenvalue weighted by atomic mass is 9.89. The zero-order valence-corrected chi connectivity index (χ0v) is 14.9. The number of para-hydroxylation sites is 1. The fourth-order valence-corrected chi connectivity index (χ4v) is 3.88. The topological polar surface area (TPSA) is 64.1 Å². The fraction of sp³-hybridized carbons (Fsp3) is 0.0909. The number of hydrogen-bond donors (Lipinski definition) is 1. The van der Waals surface area contributed by atoms with Gasteiger partial charge < -0.3 is 14.3 Å². The van der Waals surface area contributed by atoms with E-state index in [0.29, 0.717) is 16.9 Å². The molecule has 0 atom stereocenters. The van der Waals surface area contributed by atoms with Crippen LogP contribution in [0.15, 0.2) is 64.4 Å². The molecule has 0 aliphatic carbocycles. The highest BCUT2D eigenvalue weighted by Crippen LogP contribution is 2.38. The molecular weight excluding hydrogens is 340 g/mol. The fourth-order valence-electron chi connectivity index (χ4n) is 3.88. The van der Waals surface area contributed by atoms with Crippen molar-refractivity contribution in [2.45, 2.75) is 0 Å². The van der Waals surface area contributed by atoms with E-state index in [0.717, 1.165) is 32.9 Å². The summed E-state index contributed by atoms with van der Waals surface area (Å²) in [5.41, 5.74) is 3.52. The summed E-state index contributed by atoms with van der Waals surface area (Å²) in [6, 6.07) is 13.5. The van der Waals surface area contributed by atoms with E-state index < -0.39 is 10.9 Å². The minimum absolute atomic E-state index is 0.432. The maximum atomic E-state index is 12.5. The van der Waals surface area contributed by atoms with E-state index in [4.69, 9.17) is 4.74 Å². The van der Waals surface area contributed by atoms with E-state index in [-0.39, 0.29) is 0 Å². The van der Waals surface area contributed by atoms with Gasteiger partial charge in [0.1, 0.15) is 5.75 Å². The molecule has 132 valence electrons. The van der Waals surface area contributed by atoms with Crippen molar-refractivity contribution in [1.29, 1.82) is 0 Å². The molecule has 2 heterocycles. The minimum atomic E-state index is -0.443. The van der Waals surface area contributed by atoms with Crippen molar-refractivity contribution in [2.75, 3.05) is 7.11 Å². The van der Waals surface area contributed by atoms with Crippen molar-refractivity contribution in [3.05, 3.63) is 75.3 Å². The molecule has 2 aromatic heterocycles. The molecule has 0 radical (unpaired) electrons. The maximum absolute atomic E-state index is 12.5. The molecule has 1 N–H and O–H groups in total. The number of aromatic amines is 1. The van der Waals surface area contributed by atoms with Crippen LogP contribution in [0.25, 0.3) is 44.1 Å². The SMILES string of the molecule is COc1ccc2[nH]cc(-c3c(-c4cn(C)c5ccccc45)c(=O)c3=O)c2c1. The van der Waals surface area contributed by atoms with Crippen molar-refractivity contribution in [2.24, 2.45) is 7.05 Å². The number of aryl methyl sites for hydroxylation is 1. The Bertz CT molecular complexity index is 1410. The van der Waals surface area contributed by atoms with E-state index in [1.807, 2.05) is 60.3 Å². The average Bonchev–Trinajstić information content (AvgIpc) is 3.26. The number of hydrogen-bond acceptors (Lipinski definition) is 3. The Labute approximate surface area is 154 Å². The Kier molecular flexibility index (Phi) is 3.15. The molecule has 5 heteroatoms. The summed E-state index contributed by atoms with van der Waals surface area (Å²) < 4.78 is 7.29. The summed E-state index contributed by atoms with van der Waals surface area (Å²) in [5.74, 6) is 0.703. The highest BCUT2D eigenvalue weighted by molar-refractivity contribution is 6.06. The van der Waals surface area contributed by atoms with Gasteiger partial charge in [0.25, 0.3) is 0 Å². The Balaban J connectivity index is 1.81. The van der Waals surface area contributed by atoms with E-state index in [1.165, 1.54) is 0 Å². The number of methoxy groups -OCH3 is 1. The minimum Gasteiger partial charge on any atom is -0.497 e. The van der Waals surface area contributed by atoms with Crippen LogP contribution >= 0.6 is 0 Å². The molecule has 0 saturated heterocycles. The van der Waals surface area contributed by atoms with Crippen molar-refractivity contribution in [1.82, 2.24) is 9.55 Å². The van der Waals surface area contributed by atoms with E-state index in [2.05, 4.69) is 4.98 Å². The van der Waals surface area contributed by atoms with Crippen LogP contribution in [0.4, 0.5) is 0 Å². The van der Waals surface area contributed by atoms with Gasteiger partial charge in [0.15, 0.2) is 0 Å². The molecule has 27 heavy (non-hydrogen) atoms. The van der Waals surface area contributed by atoms with Crippen LogP contribution in [0.2, 0.25) is 0 Å². The normalized spacial score (nSPS) is 11.6. The Morgan fingerprint density at radius 1 is 0.926 bits per heavy atom. The Hall–Kier alpha value is -3.60.